The van der Waals surface area contributed by atoms with Crippen molar-refractivity contribution in [2.24, 2.45) is 0 Å². The van der Waals surface area contributed by atoms with Gasteiger partial charge >= 0.3 is 6.05 Å². The van der Waals surface area contributed by atoms with Gasteiger partial charge in [0.15, 0.2) is 0 Å². The van der Waals surface area contributed by atoms with Gasteiger partial charge in [-0.2, -0.15) is 8.78 Å². The lowest BCUT2D eigenvalue weighted by Gasteiger charge is -2.29. The Morgan fingerprint density at radius 1 is 1.23 bits per heavy atom. The lowest BCUT2D eigenvalue weighted by Crippen LogP contribution is -2.39. The van der Waals surface area contributed by atoms with E-state index in [1.807, 2.05) is 0 Å². The van der Waals surface area contributed by atoms with Crippen molar-refractivity contribution in [1.29, 1.82) is 0 Å². The molecule has 0 unspecified atom stereocenters. The van der Waals surface area contributed by atoms with Gasteiger partial charge in [0.1, 0.15) is 0 Å². The molecule has 70 valence electrons. The largest absolute Gasteiger partial charge is 0.356 e. The second kappa shape index (κ2) is 2.73. The van der Waals surface area contributed by atoms with E-state index in [1.165, 1.54) is 12.1 Å². The van der Waals surface area contributed by atoms with Crippen molar-refractivity contribution in [1.82, 2.24) is 5.12 Å². The Labute approximate surface area is 73.7 Å². The molecule has 13 heavy (non-hydrogen) atoms. The summed E-state index contributed by atoms with van der Waals surface area (Å²) < 4.78 is 39.0. The van der Waals surface area contributed by atoms with Gasteiger partial charge in [-0.15, -0.1) is 4.48 Å². The molecule has 0 saturated carbocycles. The van der Waals surface area contributed by atoms with Crippen LogP contribution < -0.4 is 0 Å². The Morgan fingerprint density at radius 2 is 1.92 bits per heavy atom. The van der Waals surface area contributed by atoms with E-state index in [-0.39, 0.29) is 12.1 Å². The molecule has 0 radical (unpaired) electrons. The minimum Gasteiger partial charge on any atom is -0.181 e. The molecule has 0 saturated heterocycles. The third kappa shape index (κ3) is 1.21. The molecule has 0 aromatic heterocycles. The summed E-state index contributed by atoms with van der Waals surface area (Å²) >= 11 is 0. The second-order valence-corrected chi connectivity index (χ2v) is 3.03. The Bertz CT molecular complexity index is 324. The highest BCUT2D eigenvalue weighted by Gasteiger charge is 2.44. The number of alkyl halides is 2. The van der Waals surface area contributed by atoms with Gasteiger partial charge in [0.05, 0.1) is 0 Å². The Kier molecular flexibility index (Phi) is 1.80. The second-order valence-electron chi connectivity index (χ2n) is 3.03. The summed E-state index contributed by atoms with van der Waals surface area (Å²) in [5, 5.41) is -0.407. The van der Waals surface area contributed by atoms with Crippen LogP contribution in [-0.4, -0.2) is 11.7 Å². The van der Waals surface area contributed by atoms with Gasteiger partial charge < -0.3 is 0 Å². The van der Waals surface area contributed by atoms with Crippen LogP contribution in [0.3, 0.4) is 0 Å². The number of benzene rings is 1. The number of hydrogen-bond donors (Lipinski definition) is 0. The van der Waals surface area contributed by atoms with Crippen molar-refractivity contribution >= 4 is 0 Å². The Morgan fingerprint density at radius 3 is 2.69 bits per heavy atom. The highest BCUT2D eigenvalue weighted by Crippen LogP contribution is 2.38. The van der Waals surface area contributed by atoms with E-state index >= 15 is 0 Å². The molecule has 0 spiro atoms. The van der Waals surface area contributed by atoms with Gasteiger partial charge in [0.25, 0.3) is 0 Å². The Hall–Kier alpha value is -1.03. The molecule has 1 aromatic rings. The number of hydrogen-bond acceptors (Lipinski definition) is 1. The first kappa shape index (κ1) is 8.56. The predicted octanol–water partition coefficient (Wildman–Crippen LogP) is 2.48. The monoisotopic (exact) mass is 187 g/mol. The van der Waals surface area contributed by atoms with Crippen molar-refractivity contribution in [3.05, 3.63) is 35.4 Å². The van der Waals surface area contributed by atoms with E-state index in [0.717, 1.165) is 0 Å². The average molecular weight is 187 g/mol. The summed E-state index contributed by atoms with van der Waals surface area (Å²) in [5.74, 6) is 0. The average Bonchev–Trinajstić information content (AvgIpc) is 2.13. The number of fused-ring (bicyclic) bond motifs is 1. The molecule has 1 heterocycles. The summed E-state index contributed by atoms with van der Waals surface area (Å²) in [7, 11) is 0. The van der Waals surface area contributed by atoms with Gasteiger partial charge in [-0.05, 0) is 12.0 Å². The van der Waals surface area contributed by atoms with E-state index in [2.05, 4.69) is 0 Å². The summed E-state index contributed by atoms with van der Waals surface area (Å²) in [6, 6.07) is 2.58. The van der Waals surface area contributed by atoms with Crippen molar-refractivity contribution < 1.29 is 13.3 Å². The molecule has 4 heteroatoms. The molecule has 0 N–H and O–H groups in total. The summed E-state index contributed by atoms with van der Waals surface area (Å²) in [4.78, 5) is 0. The summed E-state index contributed by atoms with van der Waals surface area (Å²) in [5.41, 5.74) is 0.310. The van der Waals surface area contributed by atoms with Crippen LogP contribution in [0.25, 0.3) is 0 Å². The molecule has 0 atom stereocenters. The fourth-order valence-electron chi connectivity index (χ4n) is 1.52. The number of rotatable bonds is 0. The van der Waals surface area contributed by atoms with Crippen molar-refractivity contribution in [2.45, 2.75) is 12.5 Å². The van der Waals surface area contributed by atoms with Gasteiger partial charge in [-0.25, -0.2) is 0 Å². The molecule has 1 aliphatic rings. The molecule has 1 aromatic carbocycles. The lowest BCUT2D eigenvalue weighted by atomic mass is 9.99. The van der Waals surface area contributed by atoms with E-state index in [9.17, 15) is 13.3 Å². The van der Waals surface area contributed by atoms with Crippen LogP contribution in [0.4, 0.5) is 13.3 Å². The zero-order valence-electron chi connectivity index (χ0n) is 6.80. The minimum absolute atomic E-state index is 0.219. The molecular weight excluding hydrogens is 179 g/mol. The van der Waals surface area contributed by atoms with Crippen LogP contribution in [0.15, 0.2) is 24.3 Å². The standard InChI is InChI=1S/C9H8F3N/c10-9(11)8-4-2-1-3-7(8)5-6-13(9)12/h1-4H,5-6H2. The van der Waals surface area contributed by atoms with Crippen LogP contribution in [0, 0.1) is 0 Å². The molecule has 0 bridgehead atoms. The molecule has 2 rings (SSSR count). The van der Waals surface area contributed by atoms with E-state index in [1.54, 1.807) is 12.1 Å². The van der Waals surface area contributed by atoms with Crippen molar-refractivity contribution in [2.75, 3.05) is 6.54 Å². The van der Waals surface area contributed by atoms with Gasteiger partial charge in [0, 0.05) is 12.1 Å². The highest BCUT2D eigenvalue weighted by atomic mass is 19.3. The minimum atomic E-state index is -3.46. The third-order valence-corrected chi connectivity index (χ3v) is 2.22. The maximum atomic E-state index is 13.1. The quantitative estimate of drug-likeness (QED) is 0.445. The predicted molar refractivity (Wildman–Crippen MR) is 41.9 cm³/mol. The molecule has 1 aliphatic heterocycles. The van der Waals surface area contributed by atoms with Crippen LogP contribution in [0.2, 0.25) is 0 Å². The normalized spacial score (nSPS) is 21.2. The van der Waals surface area contributed by atoms with Gasteiger partial charge in [-0.3, -0.25) is 0 Å². The number of halogens is 3. The van der Waals surface area contributed by atoms with E-state index < -0.39 is 11.2 Å². The summed E-state index contributed by atoms with van der Waals surface area (Å²) in [6.45, 7) is -0.246. The fourth-order valence-corrected chi connectivity index (χ4v) is 1.52. The first-order valence-electron chi connectivity index (χ1n) is 4.02. The lowest BCUT2D eigenvalue weighted by molar-refractivity contribution is -0.249. The van der Waals surface area contributed by atoms with Crippen LogP contribution in [0.1, 0.15) is 11.1 Å². The van der Waals surface area contributed by atoms with E-state index in [0.29, 0.717) is 12.0 Å². The summed E-state index contributed by atoms with van der Waals surface area (Å²) in [6.07, 6.45) is 0.336. The zero-order chi connectivity index (χ0) is 9.47. The smallest absolute Gasteiger partial charge is 0.181 e. The SMILES string of the molecule is FN1CCc2ccccc2C1(F)F. The maximum absolute atomic E-state index is 13.1. The van der Waals surface area contributed by atoms with Crippen LogP contribution in [-0.2, 0) is 12.5 Å². The van der Waals surface area contributed by atoms with Gasteiger partial charge in [-0.1, -0.05) is 29.4 Å². The topological polar surface area (TPSA) is 3.24 Å². The molecule has 0 aliphatic carbocycles. The first-order valence-corrected chi connectivity index (χ1v) is 4.02. The maximum Gasteiger partial charge on any atom is 0.356 e. The molecular formula is C9H8F3N. The molecule has 1 nitrogen and oxygen atoms in total. The molecule has 0 amide bonds. The van der Waals surface area contributed by atoms with E-state index in [4.69, 9.17) is 0 Å². The molecule has 0 fully saturated rings. The first-order chi connectivity index (χ1) is 6.12. The third-order valence-electron chi connectivity index (χ3n) is 2.22. The zero-order valence-corrected chi connectivity index (χ0v) is 6.80. The number of nitrogens with zero attached hydrogens (tertiary/aromatic N) is 1. The van der Waals surface area contributed by atoms with Crippen molar-refractivity contribution in [3.8, 4) is 0 Å². The van der Waals surface area contributed by atoms with Crippen LogP contribution in [0.5, 0.6) is 0 Å². The highest BCUT2D eigenvalue weighted by molar-refractivity contribution is 5.32. The van der Waals surface area contributed by atoms with Crippen LogP contribution >= 0.6 is 0 Å². The van der Waals surface area contributed by atoms with Gasteiger partial charge in [0.2, 0.25) is 0 Å². The van der Waals surface area contributed by atoms with Crippen molar-refractivity contribution in [3.63, 3.8) is 0 Å². The Balaban J connectivity index is 2.52. The fraction of sp³-hybridized carbons (Fsp3) is 0.333.